The van der Waals surface area contributed by atoms with Crippen LogP contribution in [0, 0.1) is 5.82 Å². The smallest absolute Gasteiger partial charge is 0.242 e. The number of nitrogens with one attached hydrogen (secondary N) is 2. The van der Waals surface area contributed by atoms with Crippen molar-refractivity contribution in [3.8, 4) is 0 Å². The van der Waals surface area contributed by atoms with Gasteiger partial charge in [0.05, 0.1) is 0 Å². The van der Waals surface area contributed by atoms with Crippen molar-refractivity contribution in [1.82, 2.24) is 10.6 Å². The number of carbonyl (C=O) groups excluding carboxylic acids is 2. The average molecular weight is 373 g/mol. The van der Waals surface area contributed by atoms with Crippen molar-refractivity contribution in [2.75, 3.05) is 0 Å². The van der Waals surface area contributed by atoms with Gasteiger partial charge in [-0.3, -0.25) is 9.59 Å². The zero-order valence-corrected chi connectivity index (χ0v) is 14.7. The van der Waals surface area contributed by atoms with Gasteiger partial charge in [-0.05, 0) is 44.4 Å². The molecule has 0 heterocycles. The number of amides is 2. The van der Waals surface area contributed by atoms with Crippen LogP contribution in [-0.2, 0) is 16.0 Å². The second-order valence-corrected chi connectivity index (χ2v) is 6.26. The molecule has 1 aromatic rings. The molecule has 0 saturated heterocycles. The normalized spacial score (nSPS) is 13.3. The molecule has 0 radical (unpaired) electrons. The van der Waals surface area contributed by atoms with Crippen LogP contribution in [0.5, 0.6) is 0 Å². The molecule has 0 aliphatic carbocycles. The third-order valence-electron chi connectivity index (χ3n) is 3.41. The van der Waals surface area contributed by atoms with Crippen LogP contribution in [0.2, 0.25) is 0 Å². The van der Waals surface area contributed by atoms with E-state index < -0.39 is 6.04 Å². The van der Waals surface area contributed by atoms with E-state index >= 15 is 0 Å². The van der Waals surface area contributed by atoms with Crippen molar-refractivity contribution >= 4 is 27.7 Å². The first-order valence-corrected chi connectivity index (χ1v) is 8.16. The van der Waals surface area contributed by atoms with E-state index in [0.29, 0.717) is 16.5 Å². The fourth-order valence-corrected chi connectivity index (χ4v) is 2.15. The van der Waals surface area contributed by atoms with Crippen LogP contribution in [0.25, 0.3) is 0 Å². The Hall–Kier alpha value is -1.43. The van der Waals surface area contributed by atoms with Gasteiger partial charge in [0.2, 0.25) is 11.8 Å². The topological polar surface area (TPSA) is 58.2 Å². The molecule has 0 bridgehead atoms. The van der Waals surface area contributed by atoms with Gasteiger partial charge in [0, 0.05) is 16.9 Å². The molecule has 0 aliphatic heterocycles. The SMILES string of the molecule is CCC(C)NC(=O)C(C)NC(=O)CCc1ccc(Br)cc1F. The minimum atomic E-state index is -0.601. The minimum absolute atomic E-state index is 0.0729. The van der Waals surface area contributed by atoms with Crippen molar-refractivity contribution in [2.45, 2.75) is 52.1 Å². The van der Waals surface area contributed by atoms with Gasteiger partial charge in [-0.1, -0.05) is 28.9 Å². The Morgan fingerprint density at radius 1 is 1.27 bits per heavy atom. The van der Waals surface area contributed by atoms with E-state index in [1.54, 1.807) is 19.1 Å². The number of rotatable bonds is 7. The minimum Gasteiger partial charge on any atom is -0.352 e. The van der Waals surface area contributed by atoms with Gasteiger partial charge in [0.25, 0.3) is 0 Å². The highest BCUT2D eigenvalue weighted by atomic mass is 79.9. The van der Waals surface area contributed by atoms with Gasteiger partial charge in [-0.25, -0.2) is 4.39 Å². The van der Waals surface area contributed by atoms with E-state index in [1.165, 1.54) is 6.07 Å². The van der Waals surface area contributed by atoms with Crippen molar-refractivity contribution in [2.24, 2.45) is 0 Å². The first kappa shape index (κ1) is 18.6. The molecule has 122 valence electrons. The third kappa shape index (κ3) is 6.13. The lowest BCUT2D eigenvalue weighted by molar-refractivity contribution is -0.128. The largest absolute Gasteiger partial charge is 0.352 e. The molecule has 4 nitrogen and oxygen atoms in total. The molecule has 6 heteroatoms. The predicted molar refractivity (Wildman–Crippen MR) is 87.9 cm³/mol. The highest BCUT2D eigenvalue weighted by molar-refractivity contribution is 9.10. The van der Waals surface area contributed by atoms with E-state index in [1.807, 2.05) is 13.8 Å². The second-order valence-electron chi connectivity index (χ2n) is 5.34. The molecule has 2 amide bonds. The second kappa shape index (κ2) is 8.88. The Bertz CT molecular complexity index is 537. The van der Waals surface area contributed by atoms with Crippen LogP contribution in [-0.4, -0.2) is 23.9 Å². The Labute approximate surface area is 139 Å². The molecule has 0 fully saturated rings. The maximum absolute atomic E-state index is 13.6. The number of benzene rings is 1. The summed E-state index contributed by atoms with van der Waals surface area (Å²) in [7, 11) is 0. The van der Waals surface area contributed by atoms with Crippen LogP contribution < -0.4 is 10.6 Å². The maximum atomic E-state index is 13.6. The quantitative estimate of drug-likeness (QED) is 0.772. The summed E-state index contributed by atoms with van der Waals surface area (Å²) in [5.74, 6) is -0.823. The van der Waals surface area contributed by atoms with E-state index in [0.717, 1.165) is 6.42 Å². The van der Waals surface area contributed by atoms with Gasteiger partial charge in [0.15, 0.2) is 0 Å². The fraction of sp³-hybridized carbons (Fsp3) is 0.500. The first-order chi connectivity index (χ1) is 10.3. The summed E-state index contributed by atoms with van der Waals surface area (Å²) in [6.07, 6.45) is 1.26. The molecule has 1 rings (SSSR count). The highest BCUT2D eigenvalue weighted by Crippen LogP contribution is 2.16. The van der Waals surface area contributed by atoms with Crippen LogP contribution >= 0.6 is 15.9 Å². The Balaban J connectivity index is 2.44. The lowest BCUT2D eigenvalue weighted by Crippen LogP contribution is -2.47. The molecule has 2 atom stereocenters. The standard InChI is InChI=1S/C16H22BrFN2O2/c1-4-10(2)19-16(22)11(3)20-15(21)8-6-12-5-7-13(17)9-14(12)18/h5,7,9-11H,4,6,8H2,1-3H3,(H,19,22)(H,20,21). The Kier molecular flexibility index (Phi) is 7.51. The lowest BCUT2D eigenvalue weighted by atomic mass is 10.1. The zero-order valence-electron chi connectivity index (χ0n) is 13.1. The molecule has 22 heavy (non-hydrogen) atoms. The summed E-state index contributed by atoms with van der Waals surface area (Å²) < 4.78 is 14.3. The van der Waals surface area contributed by atoms with Crippen molar-refractivity contribution in [3.63, 3.8) is 0 Å². The summed E-state index contributed by atoms with van der Waals surface area (Å²) >= 11 is 3.19. The van der Waals surface area contributed by atoms with Crippen LogP contribution in [0.4, 0.5) is 4.39 Å². The van der Waals surface area contributed by atoms with Crippen LogP contribution in [0.1, 0.15) is 39.2 Å². The zero-order chi connectivity index (χ0) is 16.7. The average Bonchev–Trinajstić information content (AvgIpc) is 2.45. The molecule has 0 saturated carbocycles. The van der Waals surface area contributed by atoms with E-state index in [-0.39, 0.29) is 30.1 Å². The highest BCUT2D eigenvalue weighted by Gasteiger charge is 2.17. The summed E-state index contributed by atoms with van der Waals surface area (Å²) in [5, 5.41) is 5.43. The number of carbonyl (C=O) groups is 2. The molecule has 0 spiro atoms. The molecule has 2 N–H and O–H groups in total. The lowest BCUT2D eigenvalue weighted by Gasteiger charge is -2.17. The van der Waals surface area contributed by atoms with Gasteiger partial charge in [-0.2, -0.15) is 0 Å². The number of aryl methyl sites for hydroxylation is 1. The van der Waals surface area contributed by atoms with Gasteiger partial charge >= 0.3 is 0 Å². The van der Waals surface area contributed by atoms with E-state index in [2.05, 4.69) is 26.6 Å². The predicted octanol–water partition coefficient (Wildman–Crippen LogP) is 2.94. The molecule has 0 aromatic heterocycles. The maximum Gasteiger partial charge on any atom is 0.242 e. The third-order valence-corrected chi connectivity index (χ3v) is 3.90. The Morgan fingerprint density at radius 3 is 2.55 bits per heavy atom. The summed E-state index contributed by atoms with van der Waals surface area (Å²) in [6.45, 7) is 5.51. The summed E-state index contributed by atoms with van der Waals surface area (Å²) in [5.41, 5.74) is 0.482. The van der Waals surface area contributed by atoms with E-state index in [9.17, 15) is 14.0 Å². The van der Waals surface area contributed by atoms with Crippen LogP contribution in [0.15, 0.2) is 22.7 Å². The van der Waals surface area contributed by atoms with Crippen molar-refractivity contribution in [3.05, 3.63) is 34.1 Å². The number of hydrogen-bond donors (Lipinski definition) is 2. The van der Waals surface area contributed by atoms with Gasteiger partial charge in [-0.15, -0.1) is 0 Å². The van der Waals surface area contributed by atoms with Crippen molar-refractivity contribution < 1.29 is 14.0 Å². The van der Waals surface area contributed by atoms with Crippen molar-refractivity contribution in [1.29, 1.82) is 0 Å². The molecule has 0 aliphatic rings. The number of hydrogen-bond acceptors (Lipinski definition) is 2. The summed E-state index contributed by atoms with van der Waals surface area (Å²) in [4.78, 5) is 23.7. The summed E-state index contributed by atoms with van der Waals surface area (Å²) in [6, 6.07) is 4.22. The first-order valence-electron chi connectivity index (χ1n) is 7.37. The molecule has 2 unspecified atom stereocenters. The number of halogens is 2. The van der Waals surface area contributed by atoms with Gasteiger partial charge < -0.3 is 10.6 Å². The Morgan fingerprint density at radius 2 is 1.95 bits per heavy atom. The molecular weight excluding hydrogens is 351 g/mol. The fourth-order valence-electron chi connectivity index (χ4n) is 1.82. The van der Waals surface area contributed by atoms with E-state index in [4.69, 9.17) is 0 Å². The molecule has 1 aromatic carbocycles. The van der Waals surface area contributed by atoms with Gasteiger partial charge in [0.1, 0.15) is 11.9 Å². The molecular formula is C16H22BrFN2O2. The monoisotopic (exact) mass is 372 g/mol. The van der Waals surface area contributed by atoms with Crippen LogP contribution in [0.3, 0.4) is 0 Å².